The molecule has 1 N–H and O–H groups in total. The molecule has 0 aromatic heterocycles. The molecule has 2 aromatic rings. The number of hydrogen-bond acceptors (Lipinski definition) is 4. The van der Waals surface area contributed by atoms with E-state index in [9.17, 15) is 9.59 Å². The van der Waals surface area contributed by atoms with E-state index in [4.69, 9.17) is 11.4 Å². The van der Waals surface area contributed by atoms with E-state index in [1.54, 1.807) is 48.5 Å². The third-order valence-electron chi connectivity index (χ3n) is 2.83. The van der Waals surface area contributed by atoms with Crippen molar-refractivity contribution in [3.8, 4) is 0 Å². The van der Waals surface area contributed by atoms with Crippen molar-refractivity contribution in [2.75, 3.05) is 0 Å². The summed E-state index contributed by atoms with van der Waals surface area (Å²) in [7, 11) is 0. The third-order valence-corrected chi connectivity index (χ3v) is 2.83. The van der Waals surface area contributed by atoms with Crippen LogP contribution in [0.1, 0.15) is 31.8 Å². The Kier molecular flexibility index (Phi) is 4.24. The van der Waals surface area contributed by atoms with Gasteiger partial charge in [0, 0.05) is 22.3 Å². The van der Waals surface area contributed by atoms with E-state index in [-0.39, 0.29) is 11.6 Å². The number of benzene rings is 2. The van der Waals surface area contributed by atoms with Gasteiger partial charge in [-0.1, -0.05) is 48.5 Å². The van der Waals surface area contributed by atoms with Crippen LogP contribution in [0.2, 0.25) is 0 Å². The summed E-state index contributed by atoms with van der Waals surface area (Å²) < 4.78 is 24.4. The van der Waals surface area contributed by atoms with Crippen molar-refractivity contribution in [3.05, 3.63) is 70.8 Å². The summed E-state index contributed by atoms with van der Waals surface area (Å²) in [6.07, 6.45) is 0. The summed E-state index contributed by atoms with van der Waals surface area (Å²) in [4.78, 5) is 24.2. The first-order chi connectivity index (χ1) is 9.52. The maximum absolute atomic E-state index is 12.1. The van der Waals surface area contributed by atoms with E-state index in [0.29, 0.717) is 22.3 Å². The van der Waals surface area contributed by atoms with Crippen molar-refractivity contribution in [2.24, 2.45) is 0 Å². The molecule has 0 bridgehead atoms. The molecule has 20 heavy (non-hydrogen) atoms. The molecule has 0 fully saturated rings. The molecule has 6 heteroatoms. The van der Waals surface area contributed by atoms with E-state index in [1.807, 2.05) is 0 Å². The summed E-state index contributed by atoms with van der Waals surface area (Å²) in [5.74, 6) is -0.128. The fourth-order valence-corrected chi connectivity index (χ4v) is 2.05. The second-order valence-electron chi connectivity index (χ2n) is 3.99. The first-order valence-corrected chi connectivity index (χ1v) is 7.39. The number of carbonyl (C=O) groups is 2. The molecule has 0 atom stereocenters. The van der Waals surface area contributed by atoms with Gasteiger partial charge in [-0.25, -0.2) is 0 Å². The number of rotatable bonds is 0. The van der Waals surface area contributed by atoms with E-state index in [2.05, 4.69) is 0 Å². The quantitative estimate of drug-likeness (QED) is 0.682. The van der Waals surface area contributed by atoms with Crippen molar-refractivity contribution in [1.29, 1.82) is 0 Å². The van der Waals surface area contributed by atoms with Gasteiger partial charge in [-0.2, -0.15) is 0 Å². The summed E-state index contributed by atoms with van der Waals surface area (Å²) in [6, 6.07) is 13.9. The minimum atomic E-state index is -3.69. The van der Waals surface area contributed by atoms with Crippen LogP contribution in [-0.2, 0) is 22.7 Å². The van der Waals surface area contributed by atoms with Crippen molar-refractivity contribution in [3.63, 3.8) is 0 Å². The fraction of sp³-hybridized carbons (Fsp3) is 0. The Hall–Kier alpha value is -2.08. The van der Waals surface area contributed by atoms with Crippen LogP contribution in [0.25, 0.3) is 0 Å². The Labute approximate surface area is 119 Å². The van der Waals surface area contributed by atoms with Crippen LogP contribution < -0.4 is 0 Å². The van der Waals surface area contributed by atoms with Crippen molar-refractivity contribution in [2.45, 2.75) is 0 Å². The second kappa shape index (κ2) is 5.92. The molecule has 0 saturated heterocycles. The van der Waals surface area contributed by atoms with Gasteiger partial charge in [0.2, 0.25) is 0 Å². The molecule has 0 saturated carbocycles. The number of fused-ring (bicyclic) bond motifs is 2. The predicted octanol–water partition coefficient (Wildman–Crippen LogP) is 1.66. The monoisotopic (exact) mass is 308 g/mol. The molecule has 0 amide bonds. The first-order valence-electron chi connectivity index (χ1n) is 5.63. The van der Waals surface area contributed by atoms with Crippen LogP contribution in [0, 0.1) is 0 Å². The van der Waals surface area contributed by atoms with Gasteiger partial charge in [-0.3, -0.25) is 9.59 Å². The molecule has 2 aromatic carbocycles. The van der Waals surface area contributed by atoms with Crippen LogP contribution in [0.3, 0.4) is 0 Å². The van der Waals surface area contributed by atoms with Gasteiger partial charge in [-0.05, 0) is 0 Å². The topological polar surface area (TPSA) is 88.5 Å². The van der Waals surface area contributed by atoms with Crippen LogP contribution in [0.5, 0.6) is 0 Å². The molecule has 0 spiro atoms. The van der Waals surface area contributed by atoms with Crippen LogP contribution in [-0.4, -0.2) is 15.6 Å². The van der Waals surface area contributed by atoms with E-state index >= 15 is 0 Å². The molecule has 0 heterocycles. The van der Waals surface area contributed by atoms with Gasteiger partial charge in [-0.15, -0.1) is 0 Å². The number of ketones is 2. The van der Waals surface area contributed by atoms with Crippen molar-refractivity contribution >= 4 is 11.6 Å². The minimum absolute atomic E-state index is 0.0641. The Morgan fingerprint density at radius 1 is 0.650 bits per heavy atom. The molecule has 100 valence electrons. The zero-order chi connectivity index (χ0) is 14.7. The summed E-state index contributed by atoms with van der Waals surface area (Å²) in [6.45, 7) is 0. The average Bonchev–Trinajstić information content (AvgIpc) is 2.44. The van der Waals surface area contributed by atoms with Crippen LogP contribution in [0.4, 0.5) is 0 Å². The van der Waals surface area contributed by atoms with Gasteiger partial charge in [0.15, 0.2) is 11.6 Å². The molecular weight excluding hydrogens is 299 g/mol. The normalized spacial score (nSPS) is 11.8. The van der Waals surface area contributed by atoms with Crippen molar-refractivity contribution in [1.82, 2.24) is 0 Å². The molecule has 0 unspecified atom stereocenters. The third kappa shape index (κ3) is 2.75. The van der Waals surface area contributed by atoms with E-state index < -0.39 is 15.4 Å². The summed E-state index contributed by atoms with van der Waals surface area (Å²) >= 11 is -3.69. The molecule has 1 aliphatic carbocycles. The van der Waals surface area contributed by atoms with Gasteiger partial charge in [0.25, 0.3) is 0 Å². The van der Waals surface area contributed by atoms with Gasteiger partial charge in [0.1, 0.15) is 0 Å². The SMILES string of the molecule is O=C1c2ccccc2C(=O)c2ccccc21.[O]=[V](=[O])[OH]. The summed E-state index contributed by atoms with van der Waals surface area (Å²) in [5.41, 5.74) is 2.02. The Morgan fingerprint density at radius 3 is 1.05 bits per heavy atom. The Bertz CT molecular complexity index is 648. The Balaban J connectivity index is 0.000000328. The van der Waals surface area contributed by atoms with E-state index in [0.717, 1.165) is 0 Å². The summed E-state index contributed by atoms with van der Waals surface area (Å²) in [5, 5.41) is 0. The van der Waals surface area contributed by atoms with Gasteiger partial charge < -0.3 is 0 Å². The van der Waals surface area contributed by atoms with Gasteiger partial charge in [0.05, 0.1) is 0 Å². The van der Waals surface area contributed by atoms with E-state index in [1.165, 1.54) is 0 Å². The van der Waals surface area contributed by atoms with Crippen LogP contribution in [0.15, 0.2) is 48.5 Å². The maximum atomic E-state index is 12.1. The van der Waals surface area contributed by atoms with Gasteiger partial charge >= 0.3 is 26.8 Å². The number of carbonyl (C=O) groups excluding carboxylic acids is 2. The van der Waals surface area contributed by atoms with Crippen molar-refractivity contribution < 1.29 is 36.4 Å². The molecule has 3 rings (SSSR count). The predicted molar refractivity (Wildman–Crippen MR) is 63.3 cm³/mol. The zero-order valence-electron chi connectivity index (χ0n) is 10.1. The molecule has 0 aliphatic heterocycles. The fourth-order valence-electron chi connectivity index (χ4n) is 2.05. The second-order valence-corrected chi connectivity index (χ2v) is 4.73. The zero-order valence-corrected chi connectivity index (χ0v) is 11.5. The molecule has 5 nitrogen and oxygen atoms in total. The standard InChI is InChI=1S/C14H8O2.H2O.2O.V/c15-13-9-5-1-2-6-10(9)14(16)12-8-4-3-7-11(12)13;;;;/h1-8H;1H2;;;/q;;;;+1/p-1. The molecule has 0 radical (unpaired) electrons. The Morgan fingerprint density at radius 2 is 0.850 bits per heavy atom. The molecule has 1 aliphatic rings. The molecular formula is C14H9O5V. The van der Waals surface area contributed by atoms with Crippen LogP contribution >= 0.6 is 0 Å². The first kappa shape index (κ1) is 14.3. The average molecular weight is 308 g/mol. The number of hydrogen-bond donors (Lipinski definition) is 1.